The molecule has 0 saturated carbocycles. The third-order valence-corrected chi connectivity index (χ3v) is 5.04. The molecule has 1 amide bonds. The molecule has 6 heteroatoms. The smallest absolute Gasteiger partial charge is 0.409 e. The van der Waals surface area contributed by atoms with Gasteiger partial charge in [-0.3, -0.25) is 0 Å². The Morgan fingerprint density at radius 3 is 1.54 bits per heavy atom. The van der Waals surface area contributed by atoms with Crippen LogP contribution in [0.5, 0.6) is 0 Å². The number of alkyl carbamates (subject to hydrolysis) is 1. The second-order valence-electron chi connectivity index (χ2n) is 7.78. The number of hydrogen-bond donors (Lipinski definition) is 4. The van der Waals surface area contributed by atoms with Crippen molar-refractivity contribution in [3.8, 4) is 0 Å². The standard InChI is InChI=1S/C22H45NO5/c1-2-3-4-5-6-7-8-9-10-11-12-13-14-15-16-17-18-23-22(27)28-21(26)20(25)19-24/h20-21,24-26H,2-19H2,1H3,(H,23,27). The largest absolute Gasteiger partial charge is 0.417 e. The molecule has 4 N–H and O–H groups in total. The first-order valence-electron chi connectivity index (χ1n) is 11.5. The molecule has 0 rings (SSSR count). The molecule has 168 valence electrons. The summed E-state index contributed by atoms with van der Waals surface area (Å²) < 4.78 is 4.53. The maximum atomic E-state index is 11.3. The minimum Gasteiger partial charge on any atom is -0.417 e. The second kappa shape index (κ2) is 20.9. The summed E-state index contributed by atoms with van der Waals surface area (Å²) in [7, 11) is 0. The van der Waals surface area contributed by atoms with Crippen LogP contribution in [-0.2, 0) is 4.74 Å². The summed E-state index contributed by atoms with van der Waals surface area (Å²) >= 11 is 0. The van der Waals surface area contributed by atoms with Gasteiger partial charge in [0.25, 0.3) is 0 Å². The Morgan fingerprint density at radius 1 is 0.750 bits per heavy atom. The topological polar surface area (TPSA) is 99.0 Å². The normalized spacial score (nSPS) is 13.3. The number of aliphatic hydroxyl groups excluding tert-OH is 3. The summed E-state index contributed by atoms with van der Waals surface area (Å²) in [5.41, 5.74) is 0. The molecule has 0 aliphatic carbocycles. The van der Waals surface area contributed by atoms with Crippen molar-refractivity contribution in [2.24, 2.45) is 0 Å². The molecule has 0 aliphatic heterocycles. The number of nitrogens with one attached hydrogen (secondary N) is 1. The van der Waals surface area contributed by atoms with Crippen molar-refractivity contribution in [2.75, 3.05) is 13.2 Å². The van der Waals surface area contributed by atoms with E-state index in [1.165, 1.54) is 89.9 Å². The van der Waals surface area contributed by atoms with Crippen LogP contribution in [0.4, 0.5) is 4.79 Å². The average molecular weight is 404 g/mol. The molecule has 0 heterocycles. The first-order chi connectivity index (χ1) is 13.6. The third-order valence-electron chi connectivity index (χ3n) is 5.04. The number of unbranched alkanes of at least 4 members (excludes halogenated alkanes) is 15. The fourth-order valence-electron chi connectivity index (χ4n) is 3.18. The van der Waals surface area contributed by atoms with Gasteiger partial charge in [0.2, 0.25) is 6.29 Å². The summed E-state index contributed by atoms with van der Waals surface area (Å²) in [6.07, 6.45) is 16.9. The van der Waals surface area contributed by atoms with Gasteiger partial charge < -0.3 is 25.4 Å². The van der Waals surface area contributed by atoms with E-state index in [0.717, 1.165) is 12.8 Å². The average Bonchev–Trinajstić information content (AvgIpc) is 2.69. The van der Waals surface area contributed by atoms with E-state index in [0.29, 0.717) is 6.54 Å². The number of aliphatic hydroxyl groups is 3. The van der Waals surface area contributed by atoms with Gasteiger partial charge in [0.05, 0.1) is 6.61 Å². The molecule has 0 aromatic heterocycles. The van der Waals surface area contributed by atoms with E-state index in [1.54, 1.807) is 0 Å². The van der Waals surface area contributed by atoms with Gasteiger partial charge in [-0.1, -0.05) is 103 Å². The highest BCUT2D eigenvalue weighted by molar-refractivity contribution is 5.67. The van der Waals surface area contributed by atoms with Gasteiger partial charge in [-0.2, -0.15) is 0 Å². The second-order valence-corrected chi connectivity index (χ2v) is 7.78. The minimum atomic E-state index is -1.70. The maximum absolute atomic E-state index is 11.3. The molecule has 0 aliphatic rings. The van der Waals surface area contributed by atoms with Gasteiger partial charge in [0.15, 0.2) is 0 Å². The van der Waals surface area contributed by atoms with E-state index < -0.39 is 25.1 Å². The molecule has 0 aromatic carbocycles. The Labute approximate surface area is 172 Å². The lowest BCUT2D eigenvalue weighted by atomic mass is 10.0. The van der Waals surface area contributed by atoms with Crippen LogP contribution in [0, 0.1) is 0 Å². The molecule has 0 fully saturated rings. The number of hydrogen-bond acceptors (Lipinski definition) is 5. The zero-order chi connectivity index (χ0) is 20.9. The third kappa shape index (κ3) is 18.5. The van der Waals surface area contributed by atoms with Crippen LogP contribution in [0.15, 0.2) is 0 Å². The zero-order valence-corrected chi connectivity index (χ0v) is 18.0. The molecule has 2 atom stereocenters. The first-order valence-corrected chi connectivity index (χ1v) is 11.5. The summed E-state index contributed by atoms with van der Waals surface area (Å²) in [5, 5.41) is 29.5. The molecule has 0 bridgehead atoms. The van der Waals surface area contributed by atoms with Crippen molar-refractivity contribution in [1.82, 2.24) is 5.32 Å². The van der Waals surface area contributed by atoms with E-state index in [9.17, 15) is 9.90 Å². The van der Waals surface area contributed by atoms with Crippen LogP contribution in [0.2, 0.25) is 0 Å². The highest BCUT2D eigenvalue weighted by Crippen LogP contribution is 2.13. The predicted octanol–water partition coefficient (Wildman–Crippen LogP) is 4.65. The Balaban J connectivity index is 3.20. The van der Waals surface area contributed by atoms with Crippen LogP contribution in [-0.4, -0.2) is 47.0 Å². The highest BCUT2D eigenvalue weighted by atomic mass is 16.7. The predicted molar refractivity (Wildman–Crippen MR) is 113 cm³/mol. The number of carbonyl (C=O) groups is 1. The van der Waals surface area contributed by atoms with Gasteiger partial charge in [-0.05, 0) is 6.42 Å². The van der Waals surface area contributed by atoms with Crippen molar-refractivity contribution in [3.05, 3.63) is 0 Å². The monoisotopic (exact) mass is 403 g/mol. The van der Waals surface area contributed by atoms with Crippen LogP contribution in [0.3, 0.4) is 0 Å². The molecule has 0 spiro atoms. The fourth-order valence-corrected chi connectivity index (χ4v) is 3.18. The van der Waals surface area contributed by atoms with E-state index in [4.69, 9.17) is 10.2 Å². The van der Waals surface area contributed by atoms with Gasteiger partial charge in [-0.25, -0.2) is 4.79 Å². The lowest BCUT2D eigenvalue weighted by molar-refractivity contribution is -0.137. The molecule has 2 unspecified atom stereocenters. The van der Waals surface area contributed by atoms with E-state index in [1.807, 2.05) is 0 Å². The Hall–Kier alpha value is -0.850. The first kappa shape index (κ1) is 27.1. The fraction of sp³-hybridized carbons (Fsp3) is 0.955. The number of rotatable bonds is 20. The molecular weight excluding hydrogens is 358 g/mol. The van der Waals surface area contributed by atoms with Crippen molar-refractivity contribution < 1.29 is 24.9 Å². The van der Waals surface area contributed by atoms with E-state index in [-0.39, 0.29) is 0 Å². The van der Waals surface area contributed by atoms with Crippen molar-refractivity contribution >= 4 is 6.09 Å². The van der Waals surface area contributed by atoms with Crippen LogP contribution >= 0.6 is 0 Å². The van der Waals surface area contributed by atoms with Crippen molar-refractivity contribution in [1.29, 1.82) is 0 Å². The molecule has 0 radical (unpaired) electrons. The van der Waals surface area contributed by atoms with Crippen LogP contribution < -0.4 is 5.32 Å². The zero-order valence-electron chi connectivity index (χ0n) is 18.0. The summed E-state index contributed by atoms with van der Waals surface area (Å²) in [6.45, 7) is 2.09. The molecular formula is C22H45NO5. The van der Waals surface area contributed by atoms with Crippen molar-refractivity contribution in [2.45, 2.75) is 122 Å². The van der Waals surface area contributed by atoms with Crippen LogP contribution in [0.25, 0.3) is 0 Å². The van der Waals surface area contributed by atoms with Gasteiger partial charge in [0, 0.05) is 6.54 Å². The van der Waals surface area contributed by atoms with Gasteiger partial charge in [0.1, 0.15) is 6.10 Å². The maximum Gasteiger partial charge on any atom is 0.409 e. The number of amides is 1. The minimum absolute atomic E-state index is 0.485. The SMILES string of the molecule is CCCCCCCCCCCCCCCCCCNC(=O)OC(O)C(O)CO. The molecule has 0 aromatic rings. The summed E-state index contributed by atoms with van der Waals surface area (Å²) in [5.74, 6) is 0. The molecule has 28 heavy (non-hydrogen) atoms. The van der Waals surface area contributed by atoms with Crippen LogP contribution in [0.1, 0.15) is 110 Å². The highest BCUT2D eigenvalue weighted by Gasteiger charge is 2.19. The Morgan fingerprint density at radius 2 is 1.14 bits per heavy atom. The van der Waals surface area contributed by atoms with Crippen molar-refractivity contribution in [3.63, 3.8) is 0 Å². The summed E-state index contributed by atoms with van der Waals surface area (Å²) in [6, 6.07) is 0. The summed E-state index contributed by atoms with van der Waals surface area (Å²) in [4.78, 5) is 11.3. The lowest BCUT2D eigenvalue weighted by Crippen LogP contribution is -2.37. The Kier molecular flexibility index (Phi) is 20.2. The van der Waals surface area contributed by atoms with E-state index >= 15 is 0 Å². The van der Waals surface area contributed by atoms with Gasteiger partial charge in [-0.15, -0.1) is 0 Å². The number of ether oxygens (including phenoxy) is 1. The molecule has 0 saturated heterocycles. The lowest BCUT2D eigenvalue weighted by Gasteiger charge is -2.16. The van der Waals surface area contributed by atoms with E-state index in [2.05, 4.69) is 17.0 Å². The molecule has 6 nitrogen and oxygen atoms in total. The number of carbonyl (C=O) groups excluding carboxylic acids is 1. The Bertz CT molecular complexity index is 341. The quantitative estimate of drug-likeness (QED) is 0.175. The van der Waals surface area contributed by atoms with Gasteiger partial charge >= 0.3 is 6.09 Å².